The van der Waals surface area contributed by atoms with Crippen LogP contribution in [0.15, 0.2) is 48.5 Å². The highest BCUT2D eigenvalue weighted by Crippen LogP contribution is 2.25. The Hall–Kier alpha value is -2.73. The van der Waals surface area contributed by atoms with Crippen molar-refractivity contribution in [3.8, 4) is 5.75 Å². The van der Waals surface area contributed by atoms with E-state index in [0.717, 1.165) is 5.69 Å². The van der Waals surface area contributed by atoms with E-state index in [1.807, 2.05) is 19.1 Å². The Morgan fingerprint density at radius 2 is 1.96 bits per heavy atom. The van der Waals surface area contributed by atoms with E-state index < -0.39 is 5.91 Å². The van der Waals surface area contributed by atoms with Gasteiger partial charge in [0, 0.05) is 10.7 Å². The molecular weight excluding hydrogens is 342 g/mol. The van der Waals surface area contributed by atoms with Crippen LogP contribution in [0.5, 0.6) is 5.75 Å². The summed E-state index contributed by atoms with van der Waals surface area (Å²) in [4.78, 5) is 24.8. The highest BCUT2D eigenvalue weighted by molar-refractivity contribution is 6.30. The number of carbonyl (C=O) groups is 2. The third-order valence-electron chi connectivity index (χ3n) is 3.83. The van der Waals surface area contributed by atoms with Gasteiger partial charge < -0.3 is 10.1 Å². The van der Waals surface area contributed by atoms with Crippen LogP contribution in [0, 0.1) is 0 Å². The number of fused-ring (bicyclic) bond motifs is 1. The Morgan fingerprint density at radius 1 is 1.24 bits per heavy atom. The van der Waals surface area contributed by atoms with Gasteiger partial charge in [0.15, 0.2) is 6.61 Å². The van der Waals surface area contributed by atoms with Crippen LogP contribution in [0.1, 0.15) is 23.7 Å². The SMILES string of the molecule is CCC1Nc2ccccc2C(=O)N1NC(=O)COc1ccc(Cl)cc1. The fourth-order valence-corrected chi connectivity index (χ4v) is 2.70. The molecule has 3 rings (SSSR count). The lowest BCUT2D eigenvalue weighted by atomic mass is 10.1. The minimum Gasteiger partial charge on any atom is -0.484 e. The Balaban J connectivity index is 1.65. The second kappa shape index (κ2) is 7.44. The summed E-state index contributed by atoms with van der Waals surface area (Å²) in [5, 5.41) is 5.15. The van der Waals surface area contributed by atoms with Crippen LogP contribution in [0.2, 0.25) is 5.02 Å². The third kappa shape index (κ3) is 3.85. The van der Waals surface area contributed by atoms with E-state index >= 15 is 0 Å². The first-order valence-corrected chi connectivity index (χ1v) is 8.33. The zero-order valence-electron chi connectivity index (χ0n) is 13.7. The molecule has 0 saturated heterocycles. The fraction of sp³-hybridized carbons (Fsp3) is 0.222. The number of carbonyl (C=O) groups excluding carboxylic acids is 2. The van der Waals surface area contributed by atoms with Gasteiger partial charge in [0.05, 0.1) is 5.56 Å². The second-order valence-corrected chi connectivity index (χ2v) is 6.00. The Bertz CT molecular complexity index is 779. The van der Waals surface area contributed by atoms with Gasteiger partial charge in [-0.25, -0.2) is 5.01 Å². The first-order chi connectivity index (χ1) is 12.1. The number of rotatable bonds is 5. The van der Waals surface area contributed by atoms with Crippen LogP contribution >= 0.6 is 11.6 Å². The molecule has 130 valence electrons. The van der Waals surface area contributed by atoms with Gasteiger partial charge in [0.1, 0.15) is 11.9 Å². The van der Waals surface area contributed by atoms with Crippen molar-refractivity contribution in [1.82, 2.24) is 10.4 Å². The van der Waals surface area contributed by atoms with Crippen molar-refractivity contribution < 1.29 is 14.3 Å². The topological polar surface area (TPSA) is 70.7 Å². The normalized spacial score (nSPS) is 16.0. The summed E-state index contributed by atoms with van der Waals surface area (Å²) < 4.78 is 5.41. The number of benzene rings is 2. The van der Waals surface area contributed by atoms with Gasteiger partial charge in [0.25, 0.3) is 11.8 Å². The Kier molecular flexibility index (Phi) is 5.09. The lowest BCUT2D eigenvalue weighted by molar-refractivity contribution is -0.127. The molecule has 7 heteroatoms. The molecule has 0 bridgehead atoms. The van der Waals surface area contributed by atoms with Gasteiger partial charge in [-0.05, 0) is 42.8 Å². The van der Waals surface area contributed by atoms with Crippen LogP contribution in [0.4, 0.5) is 5.69 Å². The van der Waals surface area contributed by atoms with Crippen LogP contribution < -0.4 is 15.5 Å². The molecule has 1 unspecified atom stereocenters. The highest BCUT2D eigenvalue weighted by atomic mass is 35.5. The van der Waals surface area contributed by atoms with Crippen molar-refractivity contribution >= 4 is 29.1 Å². The summed E-state index contributed by atoms with van der Waals surface area (Å²) in [6, 6.07) is 13.9. The lowest BCUT2D eigenvalue weighted by Gasteiger charge is -2.37. The molecule has 0 aromatic heterocycles. The van der Waals surface area contributed by atoms with E-state index in [1.165, 1.54) is 5.01 Å². The Labute approximate surface area is 150 Å². The molecule has 6 nitrogen and oxygen atoms in total. The first-order valence-electron chi connectivity index (χ1n) is 7.95. The van der Waals surface area contributed by atoms with E-state index in [-0.39, 0.29) is 18.7 Å². The van der Waals surface area contributed by atoms with Crippen molar-refractivity contribution in [3.05, 3.63) is 59.1 Å². The number of hydrogen-bond acceptors (Lipinski definition) is 4. The van der Waals surface area contributed by atoms with E-state index in [4.69, 9.17) is 16.3 Å². The number of nitrogens with one attached hydrogen (secondary N) is 2. The molecule has 2 aromatic carbocycles. The van der Waals surface area contributed by atoms with Gasteiger partial charge in [-0.2, -0.15) is 0 Å². The molecule has 1 aliphatic rings. The summed E-state index contributed by atoms with van der Waals surface area (Å²) in [7, 11) is 0. The van der Waals surface area contributed by atoms with E-state index in [1.54, 1.807) is 36.4 Å². The van der Waals surface area contributed by atoms with Crippen molar-refractivity contribution in [2.75, 3.05) is 11.9 Å². The average molecular weight is 360 g/mol. The number of ether oxygens (including phenoxy) is 1. The average Bonchev–Trinajstić information content (AvgIpc) is 2.63. The van der Waals surface area contributed by atoms with Crippen LogP contribution in [-0.4, -0.2) is 29.6 Å². The number of hydrazine groups is 1. The molecule has 0 saturated carbocycles. The molecule has 1 atom stereocenters. The molecule has 0 spiro atoms. The lowest BCUT2D eigenvalue weighted by Crippen LogP contribution is -2.57. The monoisotopic (exact) mass is 359 g/mol. The summed E-state index contributed by atoms with van der Waals surface area (Å²) in [5.74, 6) is -0.135. The molecule has 0 fully saturated rings. The number of hydrogen-bond donors (Lipinski definition) is 2. The van der Waals surface area contributed by atoms with Crippen LogP contribution in [0.25, 0.3) is 0 Å². The van der Waals surface area contributed by atoms with E-state index in [2.05, 4.69) is 10.7 Å². The van der Waals surface area contributed by atoms with Crippen LogP contribution in [0.3, 0.4) is 0 Å². The molecule has 25 heavy (non-hydrogen) atoms. The van der Waals surface area contributed by atoms with Gasteiger partial charge in [-0.15, -0.1) is 0 Å². The quantitative estimate of drug-likeness (QED) is 0.860. The van der Waals surface area contributed by atoms with E-state index in [0.29, 0.717) is 22.8 Å². The minimum atomic E-state index is -0.414. The summed E-state index contributed by atoms with van der Waals surface area (Å²) in [6.45, 7) is 1.73. The molecule has 2 aromatic rings. The van der Waals surface area contributed by atoms with E-state index in [9.17, 15) is 9.59 Å². The number of halogens is 1. The fourth-order valence-electron chi connectivity index (χ4n) is 2.57. The zero-order valence-corrected chi connectivity index (χ0v) is 14.4. The van der Waals surface area contributed by atoms with Crippen molar-refractivity contribution in [3.63, 3.8) is 0 Å². The first kappa shape index (κ1) is 17.1. The maximum absolute atomic E-state index is 12.6. The van der Waals surface area contributed by atoms with Crippen molar-refractivity contribution in [1.29, 1.82) is 0 Å². The summed E-state index contributed by atoms with van der Waals surface area (Å²) >= 11 is 5.81. The summed E-state index contributed by atoms with van der Waals surface area (Å²) in [5.41, 5.74) is 3.91. The zero-order chi connectivity index (χ0) is 17.8. The van der Waals surface area contributed by atoms with Crippen LogP contribution in [-0.2, 0) is 4.79 Å². The van der Waals surface area contributed by atoms with Crippen molar-refractivity contribution in [2.24, 2.45) is 0 Å². The molecule has 1 aliphatic heterocycles. The molecule has 0 radical (unpaired) electrons. The molecular formula is C18H18ClN3O3. The number of nitrogens with zero attached hydrogens (tertiary/aromatic N) is 1. The van der Waals surface area contributed by atoms with Gasteiger partial charge in [-0.3, -0.25) is 15.0 Å². The smallest absolute Gasteiger partial charge is 0.276 e. The van der Waals surface area contributed by atoms with Gasteiger partial charge in [0.2, 0.25) is 0 Å². The molecule has 2 N–H and O–H groups in total. The minimum absolute atomic E-state index is 0.205. The largest absolute Gasteiger partial charge is 0.484 e. The molecule has 2 amide bonds. The predicted octanol–water partition coefficient (Wildman–Crippen LogP) is 3.05. The second-order valence-electron chi connectivity index (χ2n) is 5.57. The summed E-state index contributed by atoms with van der Waals surface area (Å²) in [6.07, 6.45) is 0.320. The molecule has 1 heterocycles. The maximum atomic E-state index is 12.6. The highest BCUT2D eigenvalue weighted by Gasteiger charge is 2.32. The van der Waals surface area contributed by atoms with Gasteiger partial charge >= 0.3 is 0 Å². The number of amides is 2. The van der Waals surface area contributed by atoms with Crippen molar-refractivity contribution in [2.45, 2.75) is 19.5 Å². The number of anilines is 1. The number of para-hydroxylation sites is 1. The standard InChI is InChI=1S/C18H18ClN3O3/c1-2-16-20-15-6-4-3-5-14(15)18(24)22(16)21-17(23)11-25-13-9-7-12(19)8-10-13/h3-10,16,20H,2,11H2,1H3,(H,21,23). The predicted molar refractivity (Wildman–Crippen MR) is 95.4 cm³/mol. The van der Waals surface area contributed by atoms with Gasteiger partial charge in [-0.1, -0.05) is 30.7 Å². The molecule has 0 aliphatic carbocycles. The maximum Gasteiger partial charge on any atom is 0.276 e. The third-order valence-corrected chi connectivity index (χ3v) is 4.08. The Morgan fingerprint density at radius 3 is 2.68 bits per heavy atom.